The zero-order chi connectivity index (χ0) is 25.1. The number of aryl methyl sites for hydroxylation is 1. The van der Waals surface area contributed by atoms with E-state index in [1.165, 1.54) is 18.3 Å². The number of rotatable bonds is 6. The number of nitrogens with zero attached hydrogens (tertiary/aromatic N) is 5. The third-order valence-corrected chi connectivity index (χ3v) is 5.46. The molecule has 5 aromatic rings. The van der Waals surface area contributed by atoms with Crippen LogP contribution in [0.5, 0.6) is 11.6 Å². The highest BCUT2D eigenvalue weighted by molar-refractivity contribution is 6.06. The van der Waals surface area contributed by atoms with Gasteiger partial charge in [-0.2, -0.15) is 10.4 Å². The van der Waals surface area contributed by atoms with Gasteiger partial charge < -0.3 is 14.6 Å². The Morgan fingerprint density at radius 2 is 1.86 bits per heavy atom. The van der Waals surface area contributed by atoms with E-state index in [-0.39, 0.29) is 17.6 Å². The van der Waals surface area contributed by atoms with Gasteiger partial charge in [-0.3, -0.25) is 4.79 Å². The summed E-state index contributed by atoms with van der Waals surface area (Å²) in [5.41, 5.74) is 2.61. The number of ether oxygens (including phenoxy) is 1. The van der Waals surface area contributed by atoms with Crippen LogP contribution < -0.4 is 10.1 Å². The van der Waals surface area contributed by atoms with Crippen LogP contribution in [-0.4, -0.2) is 25.2 Å². The first kappa shape index (κ1) is 22.6. The first-order valence-electron chi connectivity index (χ1n) is 11.0. The molecule has 36 heavy (non-hydrogen) atoms. The van der Waals surface area contributed by atoms with Gasteiger partial charge in [0.1, 0.15) is 28.8 Å². The number of hydrogen-bond donors (Lipinski definition) is 1. The van der Waals surface area contributed by atoms with E-state index in [0.29, 0.717) is 34.1 Å². The molecule has 0 saturated heterocycles. The van der Waals surface area contributed by atoms with Gasteiger partial charge in [0, 0.05) is 24.3 Å². The summed E-state index contributed by atoms with van der Waals surface area (Å²) < 4.78 is 22.6. The second-order valence-corrected chi connectivity index (χ2v) is 7.86. The Morgan fingerprint density at radius 1 is 1.08 bits per heavy atom. The van der Waals surface area contributed by atoms with Crippen molar-refractivity contribution in [2.24, 2.45) is 0 Å². The summed E-state index contributed by atoms with van der Waals surface area (Å²) in [6.45, 7) is 1.83. The number of benzene rings is 2. The zero-order valence-electron chi connectivity index (χ0n) is 19.1. The third kappa shape index (κ3) is 4.43. The molecule has 9 heteroatoms. The molecule has 0 aliphatic carbocycles. The largest absolute Gasteiger partial charge is 0.438 e. The van der Waals surface area contributed by atoms with Crippen molar-refractivity contribution in [2.45, 2.75) is 6.92 Å². The van der Waals surface area contributed by atoms with Crippen LogP contribution in [0.2, 0.25) is 0 Å². The van der Waals surface area contributed by atoms with Gasteiger partial charge in [0.05, 0.1) is 11.9 Å². The molecule has 0 radical (unpaired) electrons. The van der Waals surface area contributed by atoms with Crippen molar-refractivity contribution in [1.29, 1.82) is 5.26 Å². The standard InChI is InChI=1S/C27H19FN6O2/c1-18-15-22(36-26-19(16-29)5-4-12-30-26)10-11-24(18)32-25(35)23-17-31-34(21-8-6-20(28)7-9-21)27(23)33-13-2-3-14-33/h2-15,17H,1H3,(H,32,35). The third-order valence-electron chi connectivity index (χ3n) is 5.46. The molecule has 0 bridgehead atoms. The maximum Gasteiger partial charge on any atom is 0.261 e. The summed E-state index contributed by atoms with van der Waals surface area (Å²) in [4.78, 5) is 17.4. The molecular formula is C27H19FN6O2. The number of nitrogens with one attached hydrogen (secondary N) is 1. The van der Waals surface area contributed by atoms with Crippen molar-refractivity contribution in [2.75, 3.05) is 5.32 Å². The fraction of sp³-hybridized carbons (Fsp3) is 0.0370. The molecule has 1 amide bonds. The van der Waals surface area contributed by atoms with Gasteiger partial charge in [0.2, 0.25) is 5.88 Å². The Morgan fingerprint density at radius 3 is 2.58 bits per heavy atom. The minimum absolute atomic E-state index is 0.209. The fourth-order valence-corrected chi connectivity index (χ4v) is 3.70. The highest BCUT2D eigenvalue weighted by Gasteiger charge is 2.21. The summed E-state index contributed by atoms with van der Waals surface area (Å²) in [6, 6.07) is 20.0. The van der Waals surface area contributed by atoms with Crippen molar-refractivity contribution in [1.82, 2.24) is 19.3 Å². The highest BCUT2D eigenvalue weighted by atomic mass is 19.1. The highest BCUT2D eigenvalue weighted by Crippen LogP contribution is 2.28. The molecule has 176 valence electrons. The van der Waals surface area contributed by atoms with Gasteiger partial charge in [0.15, 0.2) is 5.82 Å². The zero-order valence-corrected chi connectivity index (χ0v) is 19.1. The van der Waals surface area contributed by atoms with Gasteiger partial charge >= 0.3 is 0 Å². The van der Waals surface area contributed by atoms with Crippen LogP contribution in [-0.2, 0) is 0 Å². The van der Waals surface area contributed by atoms with Gasteiger partial charge in [0.25, 0.3) is 5.91 Å². The Hall–Kier alpha value is -5.23. The second-order valence-electron chi connectivity index (χ2n) is 7.86. The number of carbonyl (C=O) groups excluding carboxylic acids is 1. The van der Waals surface area contributed by atoms with Crippen LogP contribution in [0.25, 0.3) is 11.5 Å². The quantitative estimate of drug-likeness (QED) is 0.351. The Balaban J connectivity index is 1.43. The van der Waals surface area contributed by atoms with E-state index in [2.05, 4.69) is 15.4 Å². The van der Waals surface area contributed by atoms with Crippen LogP contribution in [0, 0.1) is 24.1 Å². The van der Waals surface area contributed by atoms with Crippen molar-refractivity contribution in [3.8, 4) is 29.2 Å². The molecule has 0 unspecified atom stereocenters. The Labute approximate surface area is 205 Å². The lowest BCUT2D eigenvalue weighted by molar-refractivity contribution is 0.102. The summed E-state index contributed by atoms with van der Waals surface area (Å²) in [5, 5.41) is 16.6. The Bertz CT molecular complexity index is 1580. The number of hydrogen-bond acceptors (Lipinski definition) is 5. The minimum atomic E-state index is -0.361. The second kappa shape index (κ2) is 9.56. The monoisotopic (exact) mass is 478 g/mol. The smallest absolute Gasteiger partial charge is 0.261 e. The van der Waals surface area contributed by atoms with Crippen molar-refractivity contribution in [3.63, 3.8) is 0 Å². The number of halogens is 1. The molecule has 3 aromatic heterocycles. The van der Waals surface area contributed by atoms with E-state index in [0.717, 1.165) is 5.56 Å². The summed E-state index contributed by atoms with van der Waals surface area (Å²) in [7, 11) is 0. The van der Waals surface area contributed by atoms with Crippen molar-refractivity contribution < 1.29 is 13.9 Å². The van der Waals surface area contributed by atoms with Crippen LogP contribution in [0.15, 0.2) is 91.5 Å². The van der Waals surface area contributed by atoms with E-state index < -0.39 is 0 Å². The molecule has 0 aliphatic rings. The predicted molar refractivity (Wildman–Crippen MR) is 131 cm³/mol. The maximum absolute atomic E-state index is 13.5. The van der Waals surface area contributed by atoms with Crippen LogP contribution in [0.4, 0.5) is 10.1 Å². The fourth-order valence-electron chi connectivity index (χ4n) is 3.70. The molecular weight excluding hydrogens is 459 g/mol. The van der Waals surface area contributed by atoms with Crippen molar-refractivity contribution in [3.05, 3.63) is 114 Å². The van der Waals surface area contributed by atoms with E-state index >= 15 is 0 Å². The Kier molecular flexibility index (Phi) is 5.99. The molecule has 8 nitrogen and oxygen atoms in total. The molecule has 0 aliphatic heterocycles. The number of amides is 1. The topological polar surface area (TPSA) is 97.8 Å². The number of anilines is 1. The van der Waals surface area contributed by atoms with E-state index in [4.69, 9.17) is 4.74 Å². The molecule has 0 spiro atoms. The maximum atomic E-state index is 13.5. The van der Waals surface area contributed by atoms with Gasteiger partial charge in [-0.15, -0.1) is 0 Å². The molecule has 0 fully saturated rings. The molecule has 2 aromatic carbocycles. The lowest BCUT2D eigenvalue weighted by Gasteiger charge is -2.13. The number of aromatic nitrogens is 4. The molecule has 0 atom stereocenters. The SMILES string of the molecule is Cc1cc(Oc2ncccc2C#N)ccc1NC(=O)c1cnn(-c2ccc(F)cc2)c1-n1cccc1. The summed E-state index contributed by atoms with van der Waals surface area (Å²) >= 11 is 0. The molecule has 5 rings (SSSR count). The van der Waals surface area contributed by atoms with Gasteiger partial charge in [-0.25, -0.2) is 14.1 Å². The van der Waals surface area contributed by atoms with E-state index in [1.807, 2.05) is 25.1 Å². The van der Waals surface area contributed by atoms with Gasteiger partial charge in [-0.1, -0.05) is 0 Å². The molecule has 3 heterocycles. The average molecular weight is 478 g/mol. The lowest BCUT2D eigenvalue weighted by atomic mass is 10.1. The first-order valence-corrected chi connectivity index (χ1v) is 11.0. The molecule has 1 N–H and O–H groups in total. The predicted octanol–water partition coefficient (Wildman–Crippen LogP) is 5.42. The number of carbonyl (C=O) groups is 1. The van der Waals surface area contributed by atoms with Crippen LogP contribution in [0.1, 0.15) is 21.5 Å². The van der Waals surface area contributed by atoms with E-state index in [1.54, 1.807) is 70.3 Å². The van der Waals surface area contributed by atoms with Gasteiger partial charge in [-0.05, 0) is 79.2 Å². The van der Waals surface area contributed by atoms with Crippen LogP contribution >= 0.6 is 0 Å². The summed E-state index contributed by atoms with van der Waals surface area (Å²) in [6.07, 6.45) is 6.63. The summed E-state index contributed by atoms with van der Waals surface area (Å²) in [5.74, 6) is 0.487. The average Bonchev–Trinajstić information content (AvgIpc) is 3.56. The normalized spacial score (nSPS) is 10.6. The minimum Gasteiger partial charge on any atom is -0.438 e. The van der Waals surface area contributed by atoms with Crippen LogP contribution in [0.3, 0.4) is 0 Å². The number of pyridine rings is 1. The van der Waals surface area contributed by atoms with E-state index in [9.17, 15) is 14.4 Å². The lowest BCUT2D eigenvalue weighted by Crippen LogP contribution is -2.16. The number of nitriles is 1. The van der Waals surface area contributed by atoms with Crippen molar-refractivity contribution >= 4 is 11.6 Å². The molecule has 0 saturated carbocycles. The first-order chi connectivity index (χ1) is 17.5.